The number of hydrogen-bond acceptors (Lipinski definition) is 5. The van der Waals surface area contributed by atoms with Crippen molar-refractivity contribution < 1.29 is 14.3 Å². The predicted molar refractivity (Wildman–Crippen MR) is 95.6 cm³/mol. The lowest BCUT2D eigenvalue weighted by Gasteiger charge is -2.32. The van der Waals surface area contributed by atoms with E-state index in [0.717, 1.165) is 31.7 Å². The molecule has 6 nitrogen and oxygen atoms in total. The van der Waals surface area contributed by atoms with Gasteiger partial charge in [0.2, 0.25) is 0 Å². The van der Waals surface area contributed by atoms with Crippen molar-refractivity contribution >= 4 is 17.7 Å². The maximum atomic E-state index is 12.9. The Bertz CT molecular complexity index is 614. The van der Waals surface area contributed by atoms with Gasteiger partial charge in [-0.2, -0.15) is 0 Å². The molecule has 1 aromatic heterocycles. The molecular formula is C19H27N3O3. The summed E-state index contributed by atoms with van der Waals surface area (Å²) in [7, 11) is 0. The van der Waals surface area contributed by atoms with Crippen LogP contribution in [0.15, 0.2) is 18.2 Å². The highest BCUT2D eigenvalue weighted by atomic mass is 16.5. The van der Waals surface area contributed by atoms with Crippen LogP contribution in [-0.4, -0.2) is 54.5 Å². The zero-order chi connectivity index (χ0) is 17.6. The van der Waals surface area contributed by atoms with Gasteiger partial charge in [0.15, 0.2) is 0 Å². The lowest BCUT2D eigenvalue weighted by atomic mass is 9.98. The quantitative estimate of drug-likeness (QED) is 0.785. The van der Waals surface area contributed by atoms with Crippen LogP contribution >= 0.6 is 0 Å². The van der Waals surface area contributed by atoms with E-state index >= 15 is 0 Å². The summed E-state index contributed by atoms with van der Waals surface area (Å²) in [5, 5.41) is 0. The van der Waals surface area contributed by atoms with Gasteiger partial charge in [-0.05, 0) is 51.2 Å². The van der Waals surface area contributed by atoms with Crippen molar-refractivity contribution in [3.8, 4) is 0 Å². The minimum atomic E-state index is -0.220. The number of piperidine rings is 2. The van der Waals surface area contributed by atoms with Gasteiger partial charge in [-0.15, -0.1) is 0 Å². The number of ether oxygens (including phenoxy) is 1. The molecular weight excluding hydrogens is 318 g/mol. The minimum absolute atomic E-state index is 0.0899. The van der Waals surface area contributed by atoms with Gasteiger partial charge in [-0.1, -0.05) is 6.07 Å². The Morgan fingerprint density at radius 3 is 2.72 bits per heavy atom. The standard InChI is InChI=1S/C19H27N3O3/c1-2-25-19(24)15-8-7-13-22(14-15)18(23)16-9-6-10-17(20-16)21-11-4-3-5-12-21/h6,9-10,15H,2-5,7-8,11-14H2,1H3. The molecule has 2 aliphatic rings. The van der Waals surface area contributed by atoms with E-state index in [1.54, 1.807) is 17.9 Å². The first-order valence-electron chi connectivity index (χ1n) is 9.37. The topological polar surface area (TPSA) is 62.7 Å². The molecule has 0 aliphatic carbocycles. The highest BCUT2D eigenvalue weighted by molar-refractivity contribution is 5.93. The molecule has 1 aromatic rings. The second kappa shape index (κ2) is 8.32. The van der Waals surface area contributed by atoms with Gasteiger partial charge >= 0.3 is 5.97 Å². The monoisotopic (exact) mass is 345 g/mol. The highest BCUT2D eigenvalue weighted by Crippen LogP contribution is 2.21. The molecule has 2 aliphatic heterocycles. The first kappa shape index (κ1) is 17.7. The second-order valence-corrected chi connectivity index (χ2v) is 6.77. The first-order valence-corrected chi connectivity index (χ1v) is 9.37. The Morgan fingerprint density at radius 1 is 1.16 bits per heavy atom. The molecule has 0 bridgehead atoms. The smallest absolute Gasteiger partial charge is 0.310 e. The fraction of sp³-hybridized carbons (Fsp3) is 0.632. The summed E-state index contributed by atoms with van der Waals surface area (Å²) >= 11 is 0. The fourth-order valence-electron chi connectivity index (χ4n) is 3.62. The Hall–Kier alpha value is -2.11. The van der Waals surface area contributed by atoms with E-state index in [-0.39, 0.29) is 17.8 Å². The van der Waals surface area contributed by atoms with E-state index in [1.807, 2.05) is 12.1 Å². The van der Waals surface area contributed by atoms with Crippen molar-refractivity contribution in [2.45, 2.75) is 39.0 Å². The third kappa shape index (κ3) is 4.30. The fourth-order valence-corrected chi connectivity index (χ4v) is 3.62. The number of esters is 1. The molecule has 3 rings (SSSR count). The molecule has 1 atom stereocenters. The number of hydrogen-bond donors (Lipinski definition) is 0. The van der Waals surface area contributed by atoms with E-state index in [2.05, 4.69) is 9.88 Å². The maximum absolute atomic E-state index is 12.9. The summed E-state index contributed by atoms with van der Waals surface area (Å²) in [6.07, 6.45) is 5.21. The number of likely N-dealkylation sites (tertiary alicyclic amines) is 1. The van der Waals surface area contributed by atoms with Crippen molar-refractivity contribution in [1.29, 1.82) is 0 Å². The summed E-state index contributed by atoms with van der Waals surface area (Å²) in [5.74, 6) is 0.371. The van der Waals surface area contributed by atoms with Gasteiger partial charge in [-0.3, -0.25) is 9.59 Å². The second-order valence-electron chi connectivity index (χ2n) is 6.77. The molecule has 1 unspecified atom stereocenters. The van der Waals surface area contributed by atoms with Crippen LogP contribution in [-0.2, 0) is 9.53 Å². The van der Waals surface area contributed by atoms with E-state index in [1.165, 1.54) is 19.3 Å². The van der Waals surface area contributed by atoms with Gasteiger partial charge in [0.25, 0.3) is 5.91 Å². The molecule has 0 N–H and O–H groups in total. The summed E-state index contributed by atoms with van der Waals surface area (Å²) in [6, 6.07) is 5.64. The normalized spacial score (nSPS) is 21.1. The van der Waals surface area contributed by atoms with Crippen LogP contribution < -0.4 is 4.90 Å². The molecule has 2 fully saturated rings. The summed E-state index contributed by atoms with van der Waals surface area (Å²) in [5.41, 5.74) is 0.465. The largest absolute Gasteiger partial charge is 0.466 e. The maximum Gasteiger partial charge on any atom is 0.310 e. The third-order valence-electron chi connectivity index (χ3n) is 4.96. The number of aromatic nitrogens is 1. The number of amides is 1. The molecule has 0 radical (unpaired) electrons. The van der Waals surface area contributed by atoms with Crippen molar-refractivity contribution in [3.63, 3.8) is 0 Å². The molecule has 2 saturated heterocycles. The van der Waals surface area contributed by atoms with Gasteiger partial charge in [-0.25, -0.2) is 4.98 Å². The van der Waals surface area contributed by atoms with Crippen molar-refractivity contribution in [2.75, 3.05) is 37.7 Å². The van der Waals surface area contributed by atoms with Crippen LogP contribution in [0.2, 0.25) is 0 Å². The van der Waals surface area contributed by atoms with E-state index in [0.29, 0.717) is 25.4 Å². The Morgan fingerprint density at radius 2 is 1.96 bits per heavy atom. The summed E-state index contributed by atoms with van der Waals surface area (Å²) in [6.45, 7) is 5.28. The van der Waals surface area contributed by atoms with E-state index < -0.39 is 0 Å². The molecule has 0 aromatic carbocycles. The number of anilines is 1. The summed E-state index contributed by atoms with van der Waals surface area (Å²) in [4.78, 5) is 33.4. The number of carbonyl (C=O) groups is 2. The molecule has 136 valence electrons. The number of nitrogens with zero attached hydrogens (tertiary/aromatic N) is 3. The number of pyridine rings is 1. The van der Waals surface area contributed by atoms with Gasteiger partial charge < -0.3 is 14.5 Å². The van der Waals surface area contributed by atoms with Gasteiger partial charge in [0.05, 0.1) is 12.5 Å². The van der Waals surface area contributed by atoms with Crippen LogP contribution in [0.1, 0.15) is 49.5 Å². The van der Waals surface area contributed by atoms with Crippen LogP contribution in [0.25, 0.3) is 0 Å². The Labute approximate surface area is 149 Å². The minimum Gasteiger partial charge on any atom is -0.466 e. The molecule has 0 saturated carbocycles. The van der Waals surface area contributed by atoms with Crippen molar-refractivity contribution in [3.05, 3.63) is 23.9 Å². The first-order chi connectivity index (χ1) is 12.2. The average Bonchev–Trinajstić information content (AvgIpc) is 2.68. The average molecular weight is 345 g/mol. The molecule has 25 heavy (non-hydrogen) atoms. The lowest BCUT2D eigenvalue weighted by molar-refractivity contribution is -0.149. The number of carbonyl (C=O) groups excluding carboxylic acids is 2. The molecule has 1 amide bonds. The third-order valence-corrected chi connectivity index (χ3v) is 4.96. The van der Waals surface area contributed by atoms with Crippen molar-refractivity contribution in [2.24, 2.45) is 5.92 Å². The molecule has 3 heterocycles. The van der Waals surface area contributed by atoms with Crippen LogP contribution in [0.3, 0.4) is 0 Å². The zero-order valence-corrected chi connectivity index (χ0v) is 14.9. The molecule has 0 spiro atoms. The van der Waals surface area contributed by atoms with E-state index in [4.69, 9.17) is 4.74 Å². The van der Waals surface area contributed by atoms with Crippen LogP contribution in [0, 0.1) is 5.92 Å². The lowest BCUT2D eigenvalue weighted by Crippen LogP contribution is -2.43. The summed E-state index contributed by atoms with van der Waals surface area (Å²) < 4.78 is 5.11. The van der Waals surface area contributed by atoms with Crippen molar-refractivity contribution in [1.82, 2.24) is 9.88 Å². The van der Waals surface area contributed by atoms with Gasteiger partial charge in [0, 0.05) is 26.2 Å². The van der Waals surface area contributed by atoms with E-state index in [9.17, 15) is 9.59 Å². The zero-order valence-electron chi connectivity index (χ0n) is 14.9. The predicted octanol–water partition coefficient (Wildman–Crippen LogP) is 2.49. The van der Waals surface area contributed by atoms with Gasteiger partial charge in [0.1, 0.15) is 11.5 Å². The Balaban J connectivity index is 1.68. The highest BCUT2D eigenvalue weighted by Gasteiger charge is 2.30. The molecule has 6 heteroatoms. The van der Waals surface area contributed by atoms with Crippen LogP contribution in [0.4, 0.5) is 5.82 Å². The SMILES string of the molecule is CCOC(=O)C1CCCN(C(=O)c2cccc(N3CCCCC3)n2)C1. The Kier molecular flexibility index (Phi) is 5.89. The van der Waals surface area contributed by atoms with Crippen LogP contribution in [0.5, 0.6) is 0 Å². The number of rotatable bonds is 4.